The van der Waals surface area contributed by atoms with Crippen LogP contribution in [-0.4, -0.2) is 32.7 Å². The van der Waals surface area contributed by atoms with Crippen molar-refractivity contribution in [1.82, 2.24) is 9.97 Å². The molecule has 0 saturated heterocycles. The molecule has 1 amide bonds. The number of thioether (sulfide) groups is 1. The highest BCUT2D eigenvalue weighted by Gasteiger charge is 2.15. The fourth-order valence-electron chi connectivity index (χ4n) is 3.43. The van der Waals surface area contributed by atoms with Gasteiger partial charge in [-0.3, -0.25) is 4.79 Å². The summed E-state index contributed by atoms with van der Waals surface area (Å²) in [7, 11) is 0. The Bertz CT molecular complexity index is 1230. The number of amides is 1. The molecular formula is C27H25N3O3S. The highest BCUT2D eigenvalue weighted by atomic mass is 32.2. The molecule has 172 valence electrons. The normalized spacial score (nSPS) is 10.8. The summed E-state index contributed by atoms with van der Waals surface area (Å²) in [6.45, 7) is 4.12. The van der Waals surface area contributed by atoms with Crippen molar-refractivity contribution in [3.8, 4) is 22.5 Å². The zero-order valence-corrected chi connectivity index (χ0v) is 19.8. The number of carbonyl (C=O) groups excluding carboxylic acids is 1. The van der Waals surface area contributed by atoms with Gasteiger partial charge in [0.15, 0.2) is 5.16 Å². The minimum atomic E-state index is -0.997. The smallest absolute Gasteiger partial charge is 0.335 e. The monoisotopic (exact) mass is 471 g/mol. The number of carbonyl (C=O) groups is 2. The van der Waals surface area contributed by atoms with Crippen LogP contribution in [0.15, 0.2) is 78.0 Å². The molecular weight excluding hydrogens is 446 g/mol. The van der Waals surface area contributed by atoms with E-state index in [9.17, 15) is 9.59 Å². The maximum Gasteiger partial charge on any atom is 0.335 e. The molecule has 6 nitrogen and oxygen atoms in total. The van der Waals surface area contributed by atoms with Crippen molar-refractivity contribution in [2.75, 3.05) is 11.1 Å². The maximum atomic E-state index is 12.3. The van der Waals surface area contributed by atoms with E-state index < -0.39 is 5.97 Å². The van der Waals surface area contributed by atoms with Gasteiger partial charge in [0.05, 0.1) is 17.0 Å². The van der Waals surface area contributed by atoms with Gasteiger partial charge in [-0.15, -0.1) is 0 Å². The van der Waals surface area contributed by atoms with Gasteiger partial charge in [0.2, 0.25) is 5.91 Å². The van der Waals surface area contributed by atoms with Crippen LogP contribution in [0.3, 0.4) is 0 Å². The molecule has 0 spiro atoms. The number of H-pyrrole nitrogens is 1. The Labute approximate surface area is 202 Å². The Kier molecular flexibility index (Phi) is 7.13. The van der Waals surface area contributed by atoms with Crippen molar-refractivity contribution in [1.29, 1.82) is 0 Å². The SMILES string of the molecule is Cc1ccc(-c2nc(SCCC(=O)Nc3ccc(C(=O)O)cc3)[nH]c2-c2ccc(C)cc2)cc1. The summed E-state index contributed by atoms with van der Waals surface area (Å²) in [6, 6.07) is 22.7. The summed E-state index contributed by atoms with van der Waals surface area (Å²) in [5.74, 6) is -0.588. The zero-order chi connectivity index (χ0) is 24.1. The average Bonchev–Trinajstić information content (AvgIpc) is 3.24. The number of aryl methyl sites for hydroxylation is 2. The molecule has 0 radical (unpaired) electrons. The van der Waals surface area contributed by atoms with Crippen molar-refractivity contribution < 1.29 is 14.7 Å². The summed E-state index contributed by atoms with van der Waals surface area (Å²) in [4.78, 5) is 31.5. The number of hydrogen-bond donors (Lipinski definition) is 3. The molecule has 0 aliphatic carbocycles. The first-order valence-corrected chi connectivity index (χ1v) is 11.9. The molecule has 0 unspecified atom stereocenters. The largest absolute Gasteiger partial charge is 0.478 e. The summed E-state index contributed by atoms with van der Waals surface area (Å²) in [5, 5.41) is 12.5. The Hall–Kier alpha value is -3.84. The van der Waals surface area contributed by atoms with Crippen molar-refractivity contribution in [3.05, 3.63) is 89.5 Å². The van der Waals surface area contributed by atoms with Gasteiger partial charge >= 0.3 is 5.97 Å². The third kappa shape index (κ3) is 5.74. The molecule has 0 atom stereocenters. The number of aromatic amines is 1. The molecule has 4 aromatic rings. The topological polar surface area (TPSA) is 95.1 Å². The lowest BCUT2D eigenvalue weighted by atomic mass is 10.0. The number of carboxylic acid groups (broad SMARTS) is 1. The van der Waals surface area contributed by atoms with Crippen LogP contribution in [0, 0.1) is 13.8 Å². The highest BCUT2D eigenvalue weighted by molar-refractivity contribution is 7.99. The van der Waals surface area contributed by atoms with Crippen molar-refractivity contribution in [2.24, 2.45) is 0 Å². The Morgan fingerprint density at radius 3 is 2.06 bits per heavy atom. The molecule has 0 saturated carbocycles. The summed E-state index contributed by atoms with van der Waals surface area (Å²) < 4.78 is 0. The van der Waals surface area contributed by atoms with E-state index in [1.165, 1.54) is 35.0 Å². The molecule has 0 aliphatic rings. The Morgan fingerprint density at radius 1 is 0.882 bits per heavy atom. The number of aromatic nitrogens is 2. The van der Waals surface area contributed by atoms with Crippen LogP contribution in [0.2, 0.25) is 0 Å². The van der Waals surface area contributed by atoms with Crippen LogP contribution in [0.1, 0.15) is 27.9 Å². The number of carboxylic acids is 1. The molecule has 0 aliphatic heterocycles. The van der Waals surface area contributed by atoms with E-state index in [0.717, 1.165) is 27.7 Å². The number of imidazole rings is 1. The van der Waals surface area contributed by atoms with E-state index in [1.807, 2.05) is 0 Å². The van der Waals surface area contributed by atoms with E-state index in [2.05, 4.69) is 72.7 Å². The second kappa shape index (κ2) is 10.4. The van der Waals surface area contributed by atoms with Gasteiger partial charge in [-0.25, -0.2) is 9.78 Å². The van der Waals surface area contributed by atoms with Crippen molar-refractivity contribution in [2.45, 2.75) is 25.4 Å². The maximum absolute atomic E-state index is 12.3. The fourth-order valence-corrected chi connectivity index (χ4v) is 4.24. The number of benzene rings is 3. The van der Waals surface area contributed by atoms with Gasteiger partial charge in [0.25, 0.3) is 0 Å². The number of aromatic carboxylic acids is 1. The number of hydrogen-bond acceptors (Lipinski definition) is 4. The minimum Gasteiger partial charge on any atom is -0.478 e. The van der Waals surface area contributed by atoms with Gasteiger partial charge in [0, 0.05) is 29.0 Å². The lowest BCUT2D eigenvalue weighted by molar-refractivity contribution is -0.115. The second-order valence-corrected chi connectivity index (χ2v) is 9.11. The van der Waals surface area contributed by atoms with Gasteiger partial charge < -0.3 is 15.4 Å². The summed E-state index contributed by atoms with van der Waals surface area (Å²) >= 11 is 1.49. The van der Waals surface area contributed by atoms with Gasteiger partial charge in [-0.1, -0.05) is 71.4 Å². The number of anilines is 1. The molecule has 4 rings (SSSR count). The summed E-state index contributed by atoms with van der Waals surface area (Å²) in [5.41, 5.74) is 7.06. The van der Waals surface area contributed by atoms with E-state index in [0.29, 0.717) is 17.9 Å². The van der Waals surface area contributed by atoms with E-state index in [1.54, 1.807) is 12.1 Å². The first-order valence-electron chi connectivity index (χ1n) is 10.9. The zero-order valence-electron chi connectivity index (χ0n) is 19.0. The predicted molar refractivity (Wildman–Crippen MR) is 136 cm³/mol. The lowest BCUT2D eigenvalue weighted by Crippen LogP contribution is -2.12. The first-order chi connectivity index (χ1) is 16.4. The molecule has 0 fully saturated rings. The van der Waals surface area contributed by atoms with Crippen molar-refractivity contribution in [3.63, 3.8) is 0 Å². The third-order valence-electron chi connectivity index (χ3n) is 5.33. The van der Waals surface area contributed by atoms with Gasteiger partial charge in [-0.2, -0.15) is 0 Å². The number of rotatable bonds is 8. The third-order valence-corrected chi connectivity index (χ3v) is 6.21. The van der Waals surface area contributed by atoms with Crippen LogP contribution >= 0.6 is 11.8 Å². The van der Waals surface area contributed by atoms with Gasteiger partial charge in [-0.05, 0) is 38.1 Å². The number of nitrogens with one attached hydrogen (secondary N) is 2. The molecule has 1 heterocycles. The highest BCUT2D eigenvalue weighted by Crippen LogP contribution is 2.33. The minimum absolute atomic E-state index is 0.139. The molecule has 34 heavy (non-hydrogen) atoms. The van der Waals surface area contributed by atoms with Crippen LogP contribution < -0.4 is 5.32 Å². The molecule has 3 N–H and O–H groups in total. The Balaban J connectivity index is 1.45. The molecule has 3 aromatic carbocycles. The molecule has 1 aromatic heterocycles. The van der Waals surface area contributed by atoms with Crippen LogP contribution in [0.25, 0.3) is 22.5 Å². The lowest BCUT2D eigenvalue weighted by Gasteiger charge is -2.05. The fraction of sp³-hybridized carbons (Fsp3) is 0.148. The number of nitrogens with zero attached hydrogens (tertiary/aromatic N) is 1. The van der Waals surface area contributed by atoms with E-state index in [4.69, 9.17) is 10.1 Å². The average molecular weight is 472 g/mol. The van der Waals surface area contributed by atoms with Gasteiger partial charge in [0.1, 0.15) is 0 Å². The molecule has 7 heteroatoms. The quantitative estimate of drug-likeness (QED) is 0.267. The summed E-state index contributed by atoms with van der Waals surface area (Å²) in [6.07, 6.45) is 0.297. The predicted octanol–water partition coefficient (Wildman–Crippen LogP) is 6.18. The Morgan fingerprint density at radius 2 is 1.47 bits per heavy atom. The van der Waals surface area contributed by atoms with Crippen LogP contribution in [-0.2, 0) is 4.79 Å². The first kappa shape index (κ1) is 23.3. The molecule has 0 bridgehead atoms. The van der Waals surface area contributed by atoms with E-state index >= 15 is 0 Å². The van der Waals surface area contributed by atoms with Crippen LogP contribution in [0.5, 0.6) is 0 Å². The van der Waals surface area contributed by atoms with E-state index in [-0.39, 0.29) is 11.5 Å². The second-order valence-electron chi connectivity index (χ2n) is 8.03. The van der Waals surface area contributed by atoms with Crippen molar-refractivity contribution >= 4 is 29.3 Å². The van der Waals surface area contributed by atoms with Crippen LogP contribution in [0.4, 0.5) is 5.69 Å². The standard InChI is InChI=1S/C27H25N3O3S/c1-17-3-7-19(8-4-17)24-25(20-9-5-18(2)6-10-20)30-27(29-24)34-16-15-23(31)28-22-13-11-21(12-14-22)26(32)33/h3-14H,15-16H2,1-2H3,(H,28,31)(H,29,30)(H,32,33).